The van der Waals surface area contributed by atoms with E-state index < -0.39 is 0 Å². The predicted octanol–water partition coefficient (Wildman–Crippen LogP) is 11.2. The fourth-order valence-electron chi connectivity index (χ4n) is 6.41. The van der Waals surface area contributed by atoms with Crippen LogP contribution < -0.4 is 10.4 Å². The van der Waals surface area contributed by atoms with Crippen molar-refractivity contribution in [2.45, 2.75) is 38.9 Å². The second kappa shape index (κ2) is 11.5. The van der Waals surface area contributed by atoms with Crippen LogP contribution in [0.2, 0.25) is 0 Å². The first-order valence-electron chi connectivity index (χ1n) is 16.2. The van der Waals surface area contributed by atoms with Crippen LogP contribution >= 0.6 is 11.3 Å². The van der Waals surface area contributed by atoms with E-state index in [1.807, 2.05) is 11.3 Å². The van der Waals surface area contributed by atoms with Gasteiger partial charge in [-0.05, 0) is 92.3 Å². The van der Waals surface area contributed by atoms with Gasteiger partial charge < -0.3 is 14.2 Å². The third-order valence-electron chi connectivity index (χ3n) is 9.72. The van der Waals surface area contributed by atoms with Crippen molar-refractivity contribution in [2.24, 2.45) is 0 Å². The third-order valence-corrected chi connectivity index (χ3v) is 10.9. The minimum Gasteiger partial charge on any atom is -0.399 e. The molecule has 0 unspecified atom stereocenters. The summed E-state index contributed by atoms with van der Waals surface area (Å²) >= 11 is 1.87. The number of nitrogens with zero attached hydrogens (tertiary/aromatic N) is 1. The van der Waals surface area contributed by atoms with Crippen LogP contribution in [0.25, 0.3) is 42.4 Å². The van der Waals surface area contributed by atoms with E-state index in [-0.39, 0.29) is 18.3 Å². The number of thiophene rings is 1. The number of rotatable bonds is 6. The van der Waals surface area contributed by atoms with Crippen molar-refractivity contribution in [3.63, 3.8) is 0 Å². The van der Waals surface area contributed by atoms with Crippen LogP contribution in [0.15, 0.2) is 146 Å². The van der Waals surface area contributed by atoms with Crippen LogP contribution in [-0.2, 0) is 9.31 Å². The van der Waals surface area contributed by atoms with E-state index in [0.717, 1.165) is 28.1 Å². The molecule has 1 aliphatic rings. The summed E-state index contributed by atoms with van der Waals surface area (Å²) in [5.74, 6) is 0. The average molecular weight is 630 g/mol. The maximum absolute atomic E-state index is 6.28. The van der Waals surface area contributed by atoms with Gasteiger partial charge in [0, 0.05) is 42.8 Å². The Hall–Kier alpha value is -4.68. The quantitative estimate of drug-likeness (QED) is 0.171. The van der Waals surface area contributed by atoms with Crippen molar-refractivity contribution in [3.8, 4) is 22.3 Å². The van der Waals surface area contributed by atoms with Crippen LogP contribution in [0, 0.1) is 0 Å². The molecule has 7 aromatic rings. The molecule has 230 valence electrons. The molecule has 2 heterocycles. The van der Waals surface area contributed by atoms with Crippen molar-refractivity contribution in [1.82, 2.24) is 0 Å². The number of anilines is 3. The van der Waals surface area contributed by atoms with Gasteiger partial charge in [0.1, 0.15) is 0 Å². The molecule has 0 N–H and O–H groups in total. The first kappa shape index (κ1) is 29.7. The van der Waals surface area contributed by atoms with Crippen molar-refractivity contribution < 1.29 is 9.31 Å². The molecule has 0 amide bonds. The Balaban J connectivity index is 1.20. The topological polar surface area (TPSA) is 21.7 Å². The highest BCUT2D eigenvalue weighted by molar-refractivity contribution is 7.26. The van der Waals surface area contributed by atoms with Gasteiger partial charge in [0.05, 0.1) is 11.2 Å². The predicted molar refractivity (Wildman–Crippen MR) is 201 cm³/mol. The summed E-state index contributed by atoms with van der Waals surface area (Å²) in [5.41, 5.74) is 8.48. The fraction of sp³-hybridized carbons (Fsp3) is 0.143. The van der Waals surface area contributed by atoms with Crippen LogP contribution in [0.5, 0.6) is 0 Å². The van der Waals surface area contributed by atoms with E-state index >= 15 is 0 Å². The fourth-order valence-corrected chi connectivity index (χ4v) is 7.63. The maximum atomic E-state index is 6.28. The molecular weight excluding hydrogens is 593 g/mol. The normalized spacial score (nSPS) is 15.4. The van der Waals surface area contributed by atoms with Gasteiger partial charge in [0.15, 0.2) is 0 Å². The van der Waals surface area contributed by atoms with Gasteiger partial charge in [-0.25, -0.2) is 0 Å². The molecule has 0 aliphatic carbocycles. The zero-order valence-electron chi connectivity index (χ0n) is 27.1. The van der Waals surface area contributed by atoms with Crippen LogP contribution in [0.1, 0.15) is 27.7 Å². The Morgan fingerprint density at radius 2 is 1.02 bits per heavy atom. The summed E-state index contributed by atoms with van der Waals surface area (Å²) in [7, 11) is -0.362. The van der Waals surface area contributed by atoms with Gasteiger partial charge in [-0.15, -0.1) is 11.3 Å². The van der Waals surface area contributed by atoms with Gasteiger partial charge in [0.25, 0.3) is 0 Å². The second-order valence-electron chi connectivity index (χ2n) is 13.3. The highest BCUT2D eigenvalue weighted by Gasteiger charge is 2.51. The summed E-state index contributed by atoms with van der Waals surface area (Å²) in [6, 6.07) is 52.3. The summed E-state index contributed by atoms with van der Waals surface area (Å²) in [4.78, 5) is 2.35. The zero-order valence-corrected chi connectivity index (χ0v) is 27.9. The van der Waals surface area contributed by atoms with E-state index in [1.165, 1.54) is 36.9 Å². The van der Waals surface area contributed by atoms with Gasteiger partial charge >= 0.3 is 7.12 Å². The lowest BCUT2D eigenvalue weighted by atomic mass is 9.78. The third kappa shape index (κ3) is 5.35. The maximum Gasteiger partial charge on any atom is 0.494 e. The van der Waals surface area contributed by atoms with Crippen LogP contribution in [0.3, 0.4) is 0 Å². The van der Waals surface area contributed by atoms with Gasteiger partial charge in [-0.3, -0.25) is 0 Å². The van der Waals surface area contributed by atoms with Crippen LogP contribution in [-0.4, -0.2) is 18.3 Å². The monoisotopic (exact) mass is 629 g/mol. The Morgan fingerprint density at radius 3 is 1.62 bits per heavy atom. The van der Waals surface area contributed by atoms with Gasteiger partial charge in [-0.1, -0.05) is 103 Å². The van der Waals surface area contributed by atoms with Crippen molar-refractivity contribution >= 4 is 61.2 Å². The molecule has 0 bridgehead atoms. The minimum atomic E-state index is -0.362. The zero-order chi connectivity index (χ0) is 32.2. The molecule has 1 aliphatic heterocycles. The van der Waals surface area contributed by atoms with E-state index in [1.54, 1.807) is 0 Å². The van der Waals surface area contributed by atoms with E-state index in [0.29, 0.717) is 0 Å². The largest absolute Gasteiger partial charge is 0.494 e. The van der Waals surface area contributed by atoms with Crippen molar-refractivity contribution in [2.75, 3.05) is 4.90 Å². The molecule has 0 saturated carbocycles. The molecule has 3 nitrogen and oxygen atoms in total. The van der Waals surface area contributed by atoms with Gasteiger partial charge in [0.2, 0.25) is 0 Å². The highest BCUT2D eigenvalue weighted by Crippen LogP contribution is 2.45. The Bertz CT molecular complexity index is 2140. The SMILES string of the molecule is CC1(C)OB(c2ccc(-c3ccc(-c4cc(N(c5ccccc5)c5ccccc5)cc5c4sc4ccccc45)cc3)cc2)OC1(C)C. The smallest absolute Gasteiger partial charge is 0.399 e. The number of benzene rings is 6. The molecule has 1 fully saturated rings. The van der Waals surface area contributed by atoms with Crippen molar-refractivity contribution in [3.05, 3.63) is 146 Å². The Labute approximate surface area is 281 Å². The summed E-state index contributed by atoms with van der Waals surface area (Å²) in [5, 5.41) is 2.56. The van der Waals surface area contributed by atoms with Crippen LogP contribution in [0.4, 0.5) is 17.1 Å². The number of para-hydroxylation sites is 2. The van der Waals surface area contributed by atoms with E-state index in [2.05, 4.69) is 178 Å². The second-order valence-corrected chi connectivity index (χ2v) is 14.3. The van der Waals surface area contributed by atoms with Crippen molar-refractivity contribution in [1.29, 1.82) is 0 Å². The molecule has 0 radical (unpaired) electrons. The standard InChI is InChI=1S/C42H36BNO2S/c1-41(2)42(3,4)46-43(45-41)32-25-23-30(24-26-32)29-19-21-31(22-20-29)37-27-35(28-38-36-17-11-12-18-39(36)47-40(37)38)44(33-13-7-5-8-14-33)34-15-9-6-10-16-34/h5-28H,1-4H3. The average Bonchev–Trinajstić information content (AvgIpc) is 3.58. The number of fused-ring (bicyclic) bond motifs is 3. The molecule has 1 saturated heterocycles. The summed E-state index contributed by atoms with van der Waals surface area (Å²) < 4.78 is 15.1. The number of hydrogen-bond donors (Lipinski definition) is 0. The lowest BCUT2D eigenvalue weighted by molar-refractivity contribution is 0.00578. The lowest BCUT2D eigenvalue weighted by Crippen LogP contribution is -2.41. The Morgan fingerprint density at radius 1 is 0.511 bits per heavy atom. The molecular formula is C42H36BNO2S. The number of hydrogen-bond acceptors (Lipinski definition) is 4. The van der Waals surface area contributed by atoms with E-state index in [4.69, 9.17) is 9.31 Å². The summed E-state index contributed by atoms with van der Waals surface area (Å²) in [6.45, 7) is 8.36. The summed E-state index contributed by atoms with van der Waals surface area (Å²) in [6.07, 6.45) is 0. The molecule has 0 atom stereocenters. The molecule has 5 heteroatoms. The molecule has 1 aromatic heterocycles. The first-order chi connectivity index (χ1) is 22.8. The minimum absolute atomic E-state index is 0.359. The van der Waals surface area contributed by atoms with E-state index in [9.17, 15) is 0 Å². The molecule has 6 aromatic carbocycles. The Kier molecular flexibility index (Phi) is 7.29. The molecule has 47 heavy (non-hydrogen) atoms. The highest BCUT2D eigenvalue weighted by atomic mass is 32.1. The molecule has 8 rings (SSSR count). The lowest BCUT2D eigenvalue weighted by Gasteiger charge is -2.32. The molecule has 0 spiro atoms. The van der Waals surface area contributed by atoms with Gasteiger partial charge in [-0.2, -0.15) is 0 Å². The first-order valence-corrected chi connectivity index (χ1v) is 17.0.